The fraction of sp³-hybridized carbons (Fsp3) is 0.0192. The molecule has 8 aromatic carbocycles. The van der Waals surface area contributed by atoms with Gasteiger partial charge in [-0.3, -0.25) is 0 Å². The molecule has 0 amide bonds. The number of fused-ring (bicyclic) bond motifs is 3. The smallest absolute Gasteiger partial charge is 0.308 e. The van der Waals surface area contributed by atoms with Crippen LogP contribution in [-0.2, 0) is 6.18 Å². The molecule has 10 aromatic rings. The lowest BCUT2D eigenvalue weighted by atomic mass is 9.96. The minimum Gasteiger partial charge on any atom is -0.308 e. The maximum absolute atomic E-state index is 14.6. The molecule has 0 aliphatic rings. The highest BCUT2D eigenvalue weighted by atomic mass is 19.4. The molecule has 2 heterocycles. The van der Waals surface area contributed by atoms with Crippen LogP contribution in [-0.4, -0.2) is 19.5 Å². The molecule has 0 saturated heterocycles. The number of benzene rings is 8. The van der Waals surface area contributed by atoms with Crippen molar-refractivity contribution in [1.82, 2.24) is 19.5 Å². The molecule has 7 heteroatoms. The predicted molar refractivity (Wildman–Crippen MR) is 232 cm³/mol. The Bertz CT molecular complexity index is 2970. The third kappa shape index (κ3) is 6.72. The number of aromatic nitrogens is 4. The molecule has 0 radical (unpaired) electrons. The van der Waals surface area contributed by atoms with Crippen LogP contribution in [0.5, 0.6) is 0 Å². The third-order valence-electron chi connectivity index (χ3n) is 10.7. The lowest BCUT2D eigenvalue weighted by Crippen LogP contribution is -2.07. The van der Waals surface area contributed by atoms with Gasteiger partial charge in [0, 0.05) is 27.5 Å². The Morgan fingerprint density at radius 1 is 0.339 bits per heavy atom. The number of alkyl halides is 3. The summed E-state index contributed by atoms with van der Waals surface area (Å²) >= 11 is 0. The molecule has 4 nitrogen and oxygen atoms in total. The number of rotatable bonds is 7. The van der Waals surface area contributed by atoms with Crippen LogP contribution in [0.1, 0.15) is 5.56 Å². The van der Waals surface area contributed by atoms with Gasteiger partial charge in [-0.15, -0.1) is 0 Å². The lowest BCUT2D eigenvalue weighted by molar-refractivity contribution is -0.137. The summed E-state index contributed by atoms with van der Waals surface area (Å²) in [6.07, 6.45) is -4.56. The van der Waals surface area contributed by atoms with Crippen LogP contribution in [0, 0.1) is 0 Å². The van der Waals surface area contributed by atoms with Crippen LogP contribution in [0.25, 0.3) is 95.0 Å². The van der Waals surface area contributed by atoms with E-state index in [1.54, 1.807) is 12.1 Å². The standard InChI is InChI=1S/C52H33F3N4/c53-52(54,55)45-24-14-13-23-41(45)40-25-28-42(51-57-49(36-19-9-3-10-20-36)56-50(58-51)37-21-11-4-12-22-37)48(33-40)59-46-29-26-38(34-15-5-1-6-16-34)31-43(46)44-32-39(27-30-47(44)59)35-17-7-2-8-18-35/h1-33H. The minimum absolute atomic E-state index is 0.0805. The average Bonchev–Trinajstić information content (AvgIpc) is 3.62. The molecule has 0 fully saturated rings. The molecule has 0 aliphatic heterocycles. The quantitative estimate of drug-likeness (QED) is 0.162. The first kappa shape index (κ1) is 35.8. The van der Waals surface area contributed by atoms with Crippen LogP contribution >= 0.6 is 0 Å². The Morgan fingerprint density at radius 3 is 1.25 bits per heavy atom. The van der Waals surface area contributed by atoms with E-state index < -0.39 is 11.7 Å². The van der Waals surface area contributed by atoms with Gasteiger partial charge in [0.15, 0.2) is 17.5 Å². The van der Waals surface area contributed by atoms with Crippen molar-refractivity contribution in [3.8, 4) is 73.2 Å². The van der Waals surface area contributed by atoms with Gasteiger partial charge in [0.05, 0.1) is 22.3 Å². The number of hydrogen-bond donors (Lipinski definition) is 0. The summed E-state index contributed by atoms with van der Waals surface area (Å²) in [5, 5.41) is 1.99. The molecule has 282 valence electrons. The van der Waals surface area contributed by atoms with Gasteiger partial charge in [-0.25, -0.2) is 15.0 Å². The Balaban J connectivity index is 1.30. The van der Waals surface area contributed by atoms with Gasteiger partial charge in [-0.05, 0) is 75.8 Å². The van der Waals surface area contributed by atoms with Gasteiger partial charge in [-0.1, -0.05) is 158 Å². The van der Waals surface area contributed by atoms with E-state index >= 15 is 0 Å². The maximum Gasteiger partial charge on any atom is 0.417 e. The van der Waals surface area contributed by atoms with E-state index in [2.05, 4.69) is 65.2 Å². The third-order valence-corrected chi connectivity index (χ3v) is 10.7. The van der Waals surface area contributed by atoms with Gasteiger partial charge in [0.1, 0.15) is 0 Å². The van der Waals surface area contributed by atoms with Gasteiger partial charge >= 0.3 is 6.18 Å². The van der Waals surface area contributed by atoms with E-state index in [1.165, 1.54) is 12.1 Å². The summed E-state index contributed by atoms with van der Waals surface area (Å²) in [5.41, 5.74) is 8.68. The van der Waals surface area contributed by atoms with Crippen molar-refractivity contribution in [3.63, 3.8) is 0 Å². The molecular weight excluding hydrogens is 738 g/mol. The Labute approximate surface area is 338 Å². The van der Waals surface area contributed by atoms with Gasteiger partial charge in [0.2, 0.25) is 0 Å². The fourth-order valence-corrected chi connectivity index (χ4v) is 7.89. The molecule has 0 bridgehead atoms. The zero-order valence-corrected chi connectivity index (χ0v) is 31.5. The molecule has 10 rings (SSSR count). The molecule has 59 heavy (non-hydrogen) atoms. The second kappa shape index (κ2) is 14.7. The topological polar surface area (TPSA) is 43.6 Å². The first-order valence-corrected chi connectivity index (χ1v) is 19.3. The number of hydrogen-bond acceptors (Lipinski definition) is 3. The van der Waals surface area contributed by atoms with E-state index in [4.69, 9.17) is 15.0 Å². The highest BCUT2D eigenvalue weighted by Gasteiger charge is 2.33. The second-order valence-electron chi connectivity index (χ2n) is 14.3. The summed E-state index contributed by atoms with van der Waals surface area (Å²) in [5.74, 6) is 1.35. The highest BCUT2D eigenvalue weighted by Crippen LogP contribution is 2.43. The van der Waals surface area contributed by atoms with Crippen LogP contribution in [0.2, 0.25) is 0 Å². The summed E-state index contributed by atoms with van der Waals surface area (Å²) < 4.78 is 45.9. The van der Waals surface area contributed by atoms with Crippen molar-refractivity contribution in [1.29, 1.82) is 0 Å². The van der Waals surface area contributed by atoms with Crippen molar-refractivity contribution in [2.24, 2.45) is 0 Å². The molecule has 0 aliphatic carbocycles. The summed E-state index contributed by atoms with van der Waals surface area (Å²) in [4.78, 5) is 15.1. The number of nitrogens with zero attached hydrogens (tertiary/aromatic N) is 4. The second-order valence-corrected chi connectivity index (χ2v) is 14.3. The van der Waals surface area contributed by atoms with E-state index in [9.17, 15) is 13.2 Å². The molecule has 0 atom stereocenters. The molecule has 0 unspecified atom stereocenters. The van der Waals surface area contributed by atoms with E-state index in [0.29, 0.717) is 34.3 Å². The summed E-state index contributed by atoms with van der Waals surface area (Å²) in [6, 6.07) is 63.8. The van der Waals surface area contributed by atoms with Gasteiger partial charge in [-0.2, -0.15) is 13.2 Å². The summed E-state index contributed by atoms with van der Waals surface area (Å²) in [7, 11) is 0. The van der Waals surface area contributed by atoms with Crippen molar-refractivity contribution in [2.75, 3.05) is 0 Å². The molecule has 0 N–H and O–H groups in total. The van der Waals surface area contributed by atoms with Gasteiger partial charge < -0.3 is 4.57 Å². The van der Waals surface area contributed by atoms with Gasteiger partial charge in [0.25, 0.3) is 0 Å². The minimum atomic E-state index is -4.56. The molecule has 2 aromatic heterocycles. The van der Waals surface area contributed by atoms with Crippen LogP contribution in [0.4, 0.5) is 13.2 Å². The molecule has 0 saturated carbocycles. The monoisotopic (exact) mass is 770 g/mol. The Morgan fingerprint density at radius 2 is 0.763 bits per heavy atom. The van der Waals surface area contributed by atoms with Crippen LogP contribution < -0.4 is 0 Å². The maximum atomic E-state index is 14.6. The number of halogens is 3. The van der Waals surface area contributed by atoms with Crippen LogP contribution in [0.3, 0.4) is 0 Å². The first-order chi connectivity index (χ1) is 28.9. The zero-order chi connectivity index (χ0) is 39.9. The van der Waals surface area contributed by atoms with E-state index in [1.807, 2.05) is 109 Å². The SMILES string of the molecule is FC(F)(F)c1ccccc1-c1ccc(-c2nc(-c3ccccc3)nc(-c3ccccc3)n2)c(-n2c3ccc(-c4ccccc4)cc3c3cc(-c4ccccc4)ccc32)c1. The Hall–Kier alpha value is -7.64. The van der Waals surface area contributed by atoms with E-state index in [-0.39, 0.29) is 5.56 Å². The molecular formula is C52H33F3N4. The predicted octanol–water partition coefficient (Wildman–Crippen LogP) is 14.0. The summed E-state index contributed by atoms with van der Waals surface area (Å²) in [6.45, 7) is 0. The first-order valence-electron chi connectivity index (χ1n) is 19.3. The average molecular weight is 771 g/mol. The molecule has 0 spiro atoms. The van der Waals surface area contributed by atoms with Crippen molar-refractivity contribution in [3.05, 3.63) is 206 Å². The lowest BCUT2D eigenvalue weighted by Gasteiger charge is -2.18. The fourth-order valence-electron chi connectivity index (χ4n) is 7.89. The zero-order valence-electron chi connectivity index (χ0n) is 31.5. The Kier molecular flexibility index (Phi) is 8.91. The van der Waals surface area contributed by atoms with Crippen LogP contribution in [0.15, 0.2) is 200 Å². The van der Waals surface area contributed by atoms with Crippen molar-refractivity contribution < 1.29 is 13.2 Å². The highest BCUT2D eigenvalue weighted by molar-refractivity contribution is 6.12. The largest absolute Gasteiger partial charge is 0.417 e. The normalized spacial score (nSPS) is 11.6. The van der Waals surface area contributed by atoms with Crippen molar-refractivity contribution in [2.45, 2.75) is 6.18 Å². The van der Waals surface area contributed by atoms with E-state index in [0.717, 1.165) is 61.3 Å². The van der Waals surface area contributed by atoms with Crippen molar-refractivity contribution >= 4 is 21.8 Å².